The maximum atomic E-state index is 13.3. The minimum Gasteiger partial charge on any atom is -0.465 e. The van der Waals surface area contributed by atoms with Crippen LogP contribution in [-0.2, 0) is 9.59 Å². The molecule has 3 rings (SSSR count). The Kier molecular flexibility index (Phi) is 9.82. The molecule has 8 nitrogen and oxygen atoms in total. The molecule has 2 amide bonds. The number of rotatable bonds is 12. The second-order valence-electron chi connectivity index (χ2n) is 9.10. The molecule has 184 valence electrons. The number of aromatic nitrogens is 1. The number of para-hydroxylation sites is 1. The number of hydrogen-bond donors (Lipinski definition) is 2. The maximum absolute atomic E-state index is 13.3. The van der Waals surface area contributed by atoms with Crippen molar-refractivity contribution in [1.29, 1.82) is 0 Å². The van der Waals surface area contributed by atoms with E-state index in [0.717, 1.165) is 49.7 Å². The van der Waals surface area contributed by atoms with Crippen molar-refractivity contribution in [2.24, 2.45) is 0 Å². The Labute approximate surface area is 201 Å². The zero-order valence-electron chi connectivity index (χ0n) is 20.0. The van der Waals surface area contributed by atoms with Gasteiger partial charge in [0.15, 0.2) is 0 Å². The molecular weight excluding hydrogens is 432 g/mol. The predicted octanol–water partition coefficient (Wildman–Crippen LogP) is 4.55. The number of piperidine rings is 1. The second-order valence-corrected chi connectivity index (χ2v) is 9.10. The number of carboxylic acid groups (broad SMARTS) is 1. The summed E-state index contributed by atoms with van der Waals surface area (Å²) in [5.41, 5.74) is 1.38. The molecule has 1 unspecified atom stereocenters. The number of carbonyl (C=O) groups excluding carboxylic acids is 2. The summed E-state index contributed by atoms with van der Waals surface area (Å²) < 4.78 is 0. The standard InChI is InChI=1S/C26H36N4O4/c1-20(31)10-4-2-5-13-24(30(26(33)34)17-16-29-14-8-3-9-15-29)25(32)28-22-18-21-11-6-7-12-23(21)27-19-22/h6-7,11-12,18-19,24H,2-5,8-10,13-17H2,1H3,(H,28,32)(H,33,34). The van der Waals surface area contributed by atoms with Crippen LogP contribution in [0.1, 0.15) is 58.3 Å². The van der Waals surface area contributed by atoms with Crippen LogP contribution in [0.3, 0.4) is 0 Å². The smallest absolute Gasteiger partial charge is 0.408 e. The van der Waals surface area contributed by atoms with Gasteiger partial charge in [0.25, 0.3) is 0 Å². The number of nitrogens with zero attached hydrogens (tertiary/aromatic N) is 3. The first-order valence-electron chi connectivity index (χ1n) is 12.3. The van der Waals surface area contributed by atoms with Crippen LogP contribution in [0, 0.1) is 0 Å². The number of ketones is 1. The summed E-state index contributed by atoms with van der Waals surface area (Å²) in [6.07, 6.45) is 7.11. The molecule has 0 saturated carbocycles. The molecule has 0 radical (unpaired) electrons. The third-order valence-corrected chi connectivity index (χ3v) is 6.39. The number of hydrogen-bond acceptors (Lipinski definition) is 5. The van der Waals surface area contributed by atoms with Crippen LogP contribution in [0.25, 0.3) is 10.9 Å². The molecule has 8 heteroatoms. The third kappa shape index (κ3) is 7.80. The number of likely N-dealkylation sites (tertiary alicyclic amines) is 1. The summed E-state index contributed by atoms with van der Waals surface area (Å²) in [6.45, 7) is 4.42. The molecule has 1 saturated heterocycles. The molecule has 0 aliphatic carbocycles. The van der Waals surface area contributed by atoms with E-state index in [1.807, 2.05) is 30.3 Å². The van der Waals surface area contributed by atoms with Gasteiger partial charge in [0.2, 0.25) is 5.91 Å². The molecule has 1 aromatic carbocycles. The van der Waals surface area contributed by atoms with Crippen molar-refractivity contribution in [2.45, 2.75) is 64.3 Å². The van der Waals surface area contributed by atoms with Crippen molar-refractivity contribution in [1.82, 2.24) is 14.8 Å². The quantitative estimate of drug-likeness (QED) is 0.443. The molecule has 1 atom stereocenters. The Morgan fingerprint density at radius 2 is 1.88 bits per heavy atom. The highest BCUT2D eigenvalue weighted by atomic mass is 16.4. The monoisotopic (exact) mass is 468 g/mol. The Morgan fingerprint density at radius 1 is 1.12 bits per heavy atom. The molecule has 0 spiro atoms. The molecule has 1 fully saturated rings. The number of amides is 2. The number of carbonyl (C=O) groups is 3. The van der Waals surface area contributed by atoms with Gasteiger partial charge < -0.3 is 20.1 Å². The Morgan fingerprint density at radius 3 is 2.62 bits per heavy atom. The highest BCUT2D eigenvalue weighted by molar-refractivity contribution is 5.97. The fraction of sp³-hybridized carbons (Fsp3) is 0.538. The van der Waals surface area contributed by atoms with Gasteiger partial charge in [-0.3, -0.25) is 14.7 Å². The van der Waals surface area contributed by atoms with E-state index in [2.05, 4.69) is 15.2 Å². The van der Waals surface area contributed by atoms with Crippen LogP contribution < -0.4 is 5.32 Å². The van der Waals surface area contributed by atoms with Gasteiger partial charge in [0, 0.05) is 24.9 Å². The van der Waals surface area contributed by atoms with Crippen molar-refractivity contribution in [3.63, 3.8) is 0 Å². The van der Waals surface area contributed by atoms with Crippen LogP contribution in [0.4, 0.5) is 10.5 Å². The highest BCUT2D eigenvalue weighted by Gasteiger charge is 2.30. The number of anilines is 1. The third-order valence-electron chi connectivity index (χ3n) is 6.39. The van der Waals surface area contributed by atoms with Crippen molar-refractivity contribution in [3.8, 4) is 0 Å². The minimum absolute atomic E-state index is 0.145. The molecular formula is C26H36N4O4. The lowest BCUT2D eigenvalue weighted by Crippen LogP contribution is -2.50. The first-order chi connectivity index (χ1) is 16.4. The maximum Gasteiger partial charge on any atom is 0.408 e. The average molecular weight is 469 g/mol. The number of pyridine rings is 1. The zero-order chi connectivity index (χ0) is 24.3. The number of benzene rings is 1. The van der Waals surface area contributed by atoms with Crippen LogP contribution >= 0.6 is 0 Å². The van der Waals surface area contributed by atoms with Gasteiger partial charge in [-0.1, -0.05) is 37.5 Å². The van der Waals surface area contributed by atoms with Gasteiger partial charge in [-0.2, -0.15) is 0 Å². The van der Waals surface area contributed by atoms with Crippen molar-refractivity contribution >= 4 is 34.4 Å². The summed E-state index contributed by atoms with van der Waals surface area (Å²) in [5, 5.41) is 13.8. The Balaban J connectivity index is 1.70. The summed E-state index contributed by atoms with van der Waals surface area (Å²) in [6, 6.07) is 8.69. The van der Waals surface area contributed by atoms with Crippen molar-refractivity contribution in [3.05, 3.63) is 36.5 Å². The van der Waals surface area contributed by atoms with Gasteiger partial charge in [-0.05, 0) is 57.8 Å². The van der Waals surface area contributed by atoms with Crippen molar-refractivity contribution in [2.75, 3.05) is 31.5 Å². The minimum atomic E-state index is -1.09. The fourth-order valence-electron chi connectivity index (χ4n) is 4.50. The zero-order valence-corrected chi connectivity index (χ0v) is 20.0. The van der Waals surface area contributed by atoms with Crippen LogP contribution in [0.2, 0.25) is 0 Å². The SMILES string of the molecule is CC(=O)CCCCCC(C(=O)Nc1cnc2ccccc2c1)N(CCN1CCCCC1)C(=O)O. The number of fused-ring (bicyclic) bond motifs is 1. The second kappa shape index (κ2) is 13.0. The van der Waals surface area contributed by atoms with Crippen LogP contribution in [0.5, 0.6) is 0 Å². The molecule has 1 aromatic heterocycles. The van der Waals surface area contributed by atoms with E-state index in [1.54, 1.807) is 13.1 Å². The van der Waals surface area contributed by atoms with Gasteiger partial charge in [0.1, 0.15) is 11.8 Å². The van der Waals surface area contributed by atoms with Gasteiger partial charge >= 0.3 is 6.09 Å². The molecule has 2 N–H and O–H groups in total. The van der Waals surface area contributed by atoms with E-state index in [-0.39, 0.29) is 18.2 Å². The summed E-state index contributed by atoms with van der Waals surface area (Å²) in [7, 11) is 0. The number of Topliss-reactive ketones (excluding diaryl/α,β-unsaturated/α-hetero) is 1. The topological polar surface area (TPSA) is 103 Å². The van der Waals surface area contributed by atoms with E-state index in [4.69, 9.17) is 0 Å². The van der Waals surface area contributed by atoms with E-state index in [9.17, 15) is 19.5 Å². The first-order valence-corrected chi connectivity index (χ1v) is 12.3. The van der Waals surface area contributed by atoms with Crippen LogP contribution in [0.15, 0.2) is 36.5 Å². The van der Waals surface area contributed by atoms with Gasteiger partial charge in [-0.25, -0.2) is 4.79 Å². The van der Waals surface area contributed by atoms with E-state index in [1.165, 1.54) is 11.3 Å². The lowest BCUT2D eigenvalue weighted by molar-refractivity contribution is -0.121. The largest absolute Gasteiger partial charge is 0.465 e. The van der Waals surface area contributed by atoms with E-state index < -0.39 is 12.1 Å². The number of unbranched alkanes of at least 4 members (excludes halogenated alkanes) is 2. The number of nitrogens with one attached hydrogen (secondary N) is 1. The summed E-state index contributed by atoms with van der Waals surface area (Å²) in [5.74, 6) is -0.198. The Hall–Kier alpha value is -3.00. The summed E-state index contributed by atoms with van der Waals surface area (Å²) >= 11 is 0. The Bertz CT molecular complexity index is 974. The molecule has 0 bridgehead atoms. The van der Waals surface area contributed by atoms with Crippen LogP contribution in [-0.4, -0.2) is 69.9 Å². The lowest BCUT2D eigenvalue weighted by Gasteiger charge is -2.32. The normalized spacial score (nSPS) is 15.1. The molecule has 34 heavy (non-hydrogen) atoms. The first kappa shape index (κ1) is 25.6. The molecule has 2 heterocycles. The molecule has 1 aliphatic rings. The summed E-state index contributed by atoms with van der Waals surface area (Å²) in [4.78, 5) is 44.7. The predicted molar refractivity (Wildman–Crippen MR) is 133 cm³/mol. The molecule has 2 aromatic rings. The molecule has 1 aliphatic heterocycles. The fourth-order valence-corrected chi connectivity index (χ4v) is 4.50. The van der Waals surface area contributed by atoms with Gasteiger partial charge in [0.05, 0.1) is 17.4 Å². The lowest BCUT2D eigenvalue weighted by atomic mass is 10.0. The highest BCUT2D eigenvalue weighted by Crippen LogP contribution is 2.19. The average Bonchev–Trinajstić information content (AvgIpc) is 2.82. The van der Waals surface area contributed by atoms with Gasteiger partial charge in [-0.15, -0.1) is 0 Å². The van der Waals surface area contributed by atoms with Crippen molar-refractivity contribution < 1.29 is 19.5 Å². The van der Waals surface area contributed by atoms with E-state index >= 15 is 0 Å². The van der Waals surface area contributed by atoms with E-state index in [0.29, 0.717) is 31.5 Å².